The van der Waals surface area contributed by atoms with Crippen LogP contribution in [0, 0.1) is 0 Å². The number of unbranched alkanes of at least 4 members (excludes halogenated alkanes) is 23. The van der Waals surface area contributed by atoms with Crippen molar-refractivity contribution in [1.82, 2.24) is 5.32 Å². The molecule has 1 aliphatic rings. The van der Waals surface area contributed by atoms with Crippen molar-refractivity contribution < 1.29 is 59.0 Å². The quantitative estimate of drug-likeness (QED) is 0.0160. The summed E-state index contributed by atoms with van der Waals surface area (Å²) in [4.78, 5) is 23.4. The number of aliphatic hydroxyl groups excluding tert-OH is 7. The molecule has 0 aliphatic heterocycles. The van der Waals surface area contributed by atoms with E-state index < -0.39 is 75.2 Å². The number of allylic oxidation sites excluding steroid dienone is 5. The molecule has 14 heteroatoms. The smallest absolute Gasteiger partial charge is 0.393 e. The van der Waals surface area contributed by atoms with Crippen LogP contribution >= 0.6 is 7.82 Å². The molecule has 0 radical (unpaired) electrons. The monoisotopic (exact) mass is 904 g/mol. The van der Waals surface area contributed by atoms with Crippen LogP contribution in [-0.2, 0) is 18.4 Å². The zero-order valence-electron chi connectivity index (χ0n) is 38.5. The molecule has 62 heavy (non-hydrogen) atoms. The second-order valence-electron chi connectivity index (χ2n) is 17.5. The van der Waals surface area contributed by atoms with Gasteiger partial charge >= 0.3 is 7.82 Å². The van der Waals surface area contributed by atoms with E-state index in [1.54, 1.807) is 6.08 Å². The Balaban J connectivity index is 2.55. The van der Waals surface area contributed by atoms with E-state index in [0.29, 0.717) is 19.3 Å². The largest absolute Gasteiger partial charge is 0.472 e. The fraction of sp³-hybridized carbons (Fsp3) is 0.854. The summed E-state index contributed by atoms with van der Waals surface area (Å²) in [5, 5.41) is 74.4. The lowest BCUT2D eigenvalue weighted by molar-refractivity contribution is -0.220. The van der Waals surface area contributed by atoms with E-state index >= 15 is 0 Å². The Kier molecular flexibility index (Phi) is 35.6. The maximum atomic E-state index is 13.0. The first-order chi connectivity index (χ1) is 29.8. The highest BCUT2D eigenvalue weighted by Gasteiger charge is 2.51. The van der Waals surface area contributed by atoms with Crippen molar-refractivity contribution in [2.75, 3.05) is 6.61 Å². The topological polar surface area (TPSA) is 226 Å². The molecule has 1 amide bonds. The molecule has 364 valence electrons. The molecule has 0 aromatic heterocycles. The molecule has 1 saturated carbocycles. The van der Waals surface area contributed by atoms with Crippen molar-refractivity contribution in [3.63, 3.8) is 0 Å². The number of carbonyl (C=O) groups excluding carboxylic acids is 1. The van der Waals surface area contributed by atoms with Crippen molar-refractivity contribution in [2.45, 2.75) is 255 Å². The first-order valence-corrected chi connectivity index (χ1v) is 26.0. The van der Waals surface area contributed by atoms with Crippen LogP contribution in [-0.4, -0.2) is 108 Å². The van der Waals surface area contributed by atoms with Gasteiger partial charge in [0.15, 0.2) is 0 Å². The van der Waals surface area contributed by atoms with E-state index in [1.165, 1.54) is 122 Å². The molecule has 1 fully saturated rings. The van der Waals surface area contributed by atoms with E-state index in [1.807, 2.05) is 0 Å². The summed E-state index contributed by atoms with van der Waals surface area (Å²) in [5.74, 6) is -0.607. The van der Waals surface area contributed by atoms with Crippen molar-refractivity contribution in [3.05, 3.63) is 36.5 Å². The van der Waals surface area contributed by atoms with Crippen LogP contribution in [0.4, 0.5) is 0 Å². The summed E-state index contributed by atoms with van der Waals surface area (Å²) in [6.45, 7) is 3.72. The van der Waals surface area contributed by atoms with Gasteiger partial charge in [0.1, 0.15) is 36.6 Å². The van der Waals surface area contributed by atoms with Crippen LogP contribution in [0.15, 0.2) is 36.5 Å². The summed E-state index contributed by atoms with van der Waals surface area (Å²) in [7, 11) is -5.15. The number of phosphoric acid groups is 1. The van der Waals surface area contributed by atoms with Crippen LogP contribution in [0.5, 0.6) is 0 Å². The first kappa shape index (κ1) is 58.5. The Bertz CT molecular complexity index is 1200. The third-order valence-electron chi connectivity index (χ3n) is 11.7. The normalized spacial score (nSPS) is 23.3. The highest BCUT2D eigenvalue weighted by molar-refractivity contribution is 7.47. The number of carbonyl (C=O) groups is 1. The van der Waals surface area contributed by atoms with Crippen molar-refractivity contribution in [3.8, 4) is 0 Å². The van der Waals surface area contributed by atoms with Crippen molar-refractivity contribution >= 4 is 13.7 Å². The molecule has 9 N–H and O–H groups in total. The van der Waals surface area contributed by atoms with Crippen molar-refractivity contribution in [1.29, 1.82) is 0 Å². The molecule has 0 saturated heterocycles. The molecule has 8 atom stereocenters. The Morgan fingerprint density at radius 3 is 1.42 bits per heavy atom. The van der Waals surface area contributed by atoms with Crippen LogP contribution in [0.1, 0.15) is 200 Å². The van der Waals surface area contributed by atoms with Gasteiger partial charge in [0, 0.05) is 0 Å². The fourth-order valence-corrected chi connectivity index (χ4v) is 8.65. The van der Waals surface area contributed by atoms with E-state index in [9.17, 15) is 50.0 Å². The van der Waals surface area contributed by atoms with Crippen LogP contribution in [0.3, 0.4) is 0 Å². The Hall–Kier alpha value is -1.48. The molecular formula is C48H90NO12P. The number of rotatable bonds is 40. The number of aliphatic hydroxyl groups is 7. The van der Waals surface area contributed by atoms with Crippen LogP contribution in [0.25, 0.3) is 0 Å². The van der Waals surface area contributed by atoms with Gasteiger partial charge in [0.05, 0.1) is 31.3 Å². The third kappa shape index (κ3) is 29.1. The van der Waals surface area contributed by atoms with Gasteiger partial charge in [-0.1, -0.05) is 185 Å². The van der Waals surface area contributed by atoms with Gasteiger partial charge in [-0.15, -0.1) is 0 Å². The number of hydrogen-bond donors (Lipinski definition) is 9. The predicted molar refractivity (Wildman–Crippen MR) is 247 cm³/mol. The standard InChI is InChI=1S/C48H90NO12P/c1-3-5-7-9-11-13-15-16-17-18-19-20-21-22-23-24-26-28-30-32-34-36-41(51)40(38-60-62(58,59)61-48-46(56)44(54)43(53)45(55)47(48)57)49-42(52)37-39(50)35-33-31-29-27-25-14-12-10-8-6-4-2/h21-22,26,28,34,36,39-41,43-48,50-51,53-57H,3-20,23-25,27,29-33,35,37-38H2,1-2H3,(H,49,52)(H,58,59)/b22-21+,28-26+,36-34+. The molecule has 0 spiro atoms. The molecule has 0 heterocycles. The SMILES string of the molecule is CCCCCCCCCCCCC/C=C/CC/C=C/CC/C=C/C(O)C(COP(=O)(O)OC1C(O)C(O)C(O)C(O)C1O)NC(=O)CC(O)CCCCCCCCCCCCC. The molecule has 13 nitrogen and oxygen atoms in total. The van der Waals surface area contributed by atoms with Gasteiger partial charge in [-0.05, 0) is 44.9 Å². The van der Waals surface area contributed by atoms with Crippen molar-refractivity contribution in [2.24, 2.45) is 0 Å². The minimum Gasteiger partial charge on any atom is -0.393 e. The van der Waals surface area contributed by atoms with Gasteiger partial charge in [-0.3, -0.25) is 13.8 Å². The highest BCUT2D eigenvalue weighted by Crippen LogP contribution is 2.47. The Labute approximate surface area is 375 Å². The lowest BCUT2D eigenvalue weighted by Gasteiger charge is -2.41. The number of nitrogens with one attached hydrogen (secondary N) is 1. The lowest BCUT2D eigenvalue weighted by Crippen LogP contribution is -2.64. The Morgan fingerprint density at radius 2 is 0.952 bits per heavy atom. The molecule has 0 aromatic carbocycles. The van der Waals surface area contributed by atoms with Gasteiger partial charge in [0.25, 0.3) is 0 Å². The molecule has 1 aliphatic carbocycles. The minimum atomic E-state index is -5.15. The van der Waals surface area contributed by atoms with E-state index in [2.05, 4.69) is 43.5 Å². The molecule has 1 rings (SSSR count). The average Bonchev–Trinajstić information content (AvgIpc) is 3.24. The Morgan fingerprint density at radius 1 is 0.565 bits per heavy atom. The summed E-state index contributed by atoms with van der Waals surface area (Å²) < 4.78 is 22.9. The number of hydrogen-bond acceptors (Lipinski definition) is 11. The average molecular weight is 904 g/mol. The number of phosphoric ester groups is 1. The predicted octanol–water partition coefficient (Wildman–Crippen LogP) is 8.53. The fourth-order valence-electron chi connectivity index (χ4n) is 7.68. The molecule has 0 aromatic rings. The van der Waals surface area contributed by atoms with Crippen LogP contribution in [0.2, 0.25) is 0 Å². The van der Waals surface area contributed by atoms with E-state index in [4.69, 9.17) is 9.05 Å². The highest BCUT2D eigenvalue weighted by atomic mass is 31.2. The summed E-state index contributed by atoms with van der Waals surface area (Å²) >= 11 is 0. The minimum absolute atomic E-state index is 0.254. The third-order valence-corrected chi connectivity index (χ3v) is 12.7. The number of amides is 1. The second kappa shape index (κ2) is 37.7. The first-order valence-electron chi connectivity index (χ1n) is 24.5. The van der Waals surface area contributed by atoms with Gasteiger partial charge in [-0.25, -0.2) is 4.57 Å². The maximum Gasteiger partial charge on any atom is 0.472 e. The summed E-state index contributed by atoms with van der Waals surface area (Å²) in [6, 6.07) is -1.26. The van der Waals surface area contributed by atoms with Gasteiger partial charge in [0.2, 0.25) is 5.91 Å². The lowest BCUT2D eigenvalue weighted by atomic mass is 9.85. The molecule has 8 unspecified atom stereocenters. The van der Waals surface area contributed by atoms with Crippen LogP contribution < -0.4 is 5.32 Å². The zero-order chi connectivity index (χ0) is 45.9. The second-order valence-corrected chi connectivity index (χ2v) is 18.9. The van der Waals surface area contributed by atoms with E-state index in [0.717, 1.165) is 44.9 Å². The summed E-state index contributed by atoms with van der Waals surface area (Å²) in [6.07, 6.45) is 29.6. The van der Waals surface area contributed by atoms with Gasteiger partial charge < -0.3 is 46.0 Å². The molecular weight excluding hydrogens is 813 g/mol. The summed E-state index contributed by atoms with van der Waals surface area (Å²) in [5.41, 5.74) is 0. The van der Waals surface area contributed by atoms with Gasteiger partial charge in [-0.2, -0.15) is 0 Å². The zero-order valence-corrected chi connectivity index (χ0v) is 39.4. The maximum absolute atomic E-state index is 13.0. The van der Waals surface area contributed by atoms with E-state index in [-0.39, 0.29) is 6.42 Å². The molecule has 0 bridgehead atoms.